The fourth-order valence-electron chi connectivity index (χ4n) is 1.26. The first-order valence-corrected chi connectivity index (χ1v) is 4.38. The Balaban J connectivity index is 3.27. The van der Waals surface area contributed by atoms with Crippen LogP contribution in [0.5, 0.6) is 0 Å². The van der Waals surface area contributed by atoms with E-state index in [0.717, 1.165) is 5.57 Å². The Kier molecular flexibility index (Phi) is 3.31. The minimum atomic E-state index is 1.09. The number of rotatable bonds is 2. The number of hydrogen-bond donors (Lipinski definition) is 0. The quantitative estimate of drug-likeness (QED) is 0.590. The van der Waals surface area contributed by atoms with Crippen LogP contribution in [0, 0.1) is 0 Å². The summed E-state index contributed by atoms with van der Waals surface area (Å²) in [4.78, 5) is 0. The Morgan fingerprint density at radius 2 is 2.08 bits per heavy atom. The van der Waals surface area contributed by atoms with Crippen LogP contribution in [0.25, 0.3) is 11.6 Å². The van der Waals surface area contributed by atoms with Crippen molar-refractivity contribution in [1.82, 2.24) is 0 Å². The van der Waals surface area contributed by atoms with E-state index in [-0.39, 0.29) is 0 Å². The van der Waals surface area contributed by atoms with Crippen molar-refractivity contribution >= 4 is 11.6 Å². The van der Waals surface area contributed by atoms with Crippen molar-refractivity contribution in [3.63, 3.8) is 0 Å². The van der Waals surface area contributed by atoms with Gasteiger partial charge in [0.1, 0.15) is 0 Å². The van der Waals surface area contributed by atoms with Gasteiger partial charge in [-0.3, -0.25) is 0 Å². The van der Waals surface area contributed by atoms with Crippen molar-refractivity contribution in [2.75, 3.05) is 0 Å². The Bertz CT molecular complexity index is 363. The molecule has 0 atom stereocenters. The van der Waals surface area contributed by atoms with Crippen LogP contribution in [-0.4, -0.2) is 0 Å². The lowest BCUT2D eigenvalue weighted by Gasteiger charge is -2.03. The van der Waals surface area contributed by atoms with E-state index >= 15 is 0 Å². The van der Waals surface area contributed by atoms with Crippen molar-refractivity contribution in [3.05, 3.63) is 53.8 Å². The highest BCUT2D eigenvalue weighted by atomic mass is 14.0. The standard InChI is InChI=1S/C13H14/c1-4-8-12-9-6-7-10-13(12)11(3)5-2/h4,6-10H,2H2,1,3H3/b8-4-. The fourth-order valence-corrected chi connectivity index (χ4v) is 1.26. The Morgan fingerprint density at radius 3 is 2.69 bits per heavy atom. The average Bonchev–Trinajstić information content (AvgIpc) is 2.18. The van der Waals surface area contributed by atoms with Crippen molar-refractivity contribution in [3.8, 4) is 0 Å². The van der Waals surface area contributed by atoms with Crippen LogP contribution in [-0.2, 0) is 0 Å². The minimum Gasteiger partial charge on any atom is -0.125 e. The van der Waals surface area contributed by atoms with Crippen LogP contribution >= 0.6 is 0 Å². The molecule has 0 fully saturated rings. The number of benzene rings is 1. The molecule has 0 saturated heterocycles. The molecule has 0 aliphatic rings. The highest BCUT2D eigenvalue weighted by Crippen LogP contribution is 2.18. The summed E-state index contributed by atoms with van der Waals surface area (Å²) in [5.74, 6) is 0. The van der Waals surface area contributed by atoms with E-state index in [1.54, 1.807) is 0 Å². The monoisotopic (exact) mass is 170 g/mol. The lowest BCUT2D eigenvalue weighted by molar-refractivity contribution is 1.54. The van der Waals surface area contributed by atoms with Crippen LogP contribution in [0.2, 0.25) is 0 Å². The average molecular weight is 170 g/mol. The zero-order chi connectivity index (χ0) is 9.68. The van der Waals surface area contributed by atoms with Gasteiger partial charge in [-0.25, -0.2) is 0 Å². The molecule has 0 aliphatic heterocycles. The third kappa shape index (κ3) is 2.21. The first-order chi connectivity index (χ1) is 6.29. The molecule has 0 heterocycles. The van der Waals surface area contributed by atoms with Gasteiger partial charge in [0.15, 0.2) is 0 Å². The summed E-state index contributed by atoms with van der Waals surface area (Å²) in [6.45, 7) is 7.69. The maximum absolute atomic E-state index is 3.65. The second-order valence-electron chi connectivity index (χ2n) is 2.89. The summed E-state index contributed by atoms with van der Waals surface area (Å²) in [6, 6.07) is 8.25. The molecule has 13 heavy (non-hydrogen) atoms. The summed E-state index contributed by atoms with van der Waals surface area (Å²) in [5.41, 5.74) is 6.43. The lowest BCUT2D eigenvalue weighted by Crippen LogP contribution is -1.83. The molecule has 66 valence electrons. The fraction of sp³-hybridized carbons (Fsp3) is 0.154. The molecule has 1 aromatic rings. The first kappa shape index (κ1) is 9.57. The molecule has 0 spiro atoms. The molecular weight excluding hydrogens is 156 g/mol. The number of hydrogen-bond acceptors (Lipinski definition) is 0. The lowest BCUT2D eigenvalue weighted by atomic mass is 10.0. The molecule has 1 aromatic carbocycles. The normalized spacial score (nSPS) is 10.0. The molecule has 0 unspecified atom stereocenters. The van der Waals surface area contributed by atoms with E-state index in [9.17, 15) is 0 Å². The summed E-state index contributed by atoms with van der Waals surface area (Å²) in [5, 5.41) is 0. The summed E-state index contributed by atoms with van der Waals surface area (Å²) < 4.78 is 0. The van der Waals surface area contributed by atoms with Gasteiger partial charge in [-0.1, -0.05) is 43.0 Å². The smallest absolute Gasteiger partial charge is 0.00192 e. The predicted molar refractivity (Wildman–Crippen MR) is 59.4 cm³/mol. The zero-order valence-corrected chi connectivity index (χ0v) is 8.17. The predicted octanol–water partition coefficient (Wildman–Crippen LogP) is 3.91. The Labute approximate surface area is 79.9 Å². The Morgan fingerprint density at radius 1 is 1.38 bits per heavy atom. The molecule has 0 saturated carbocycles. The van der Waals surface area contributed by atoms with Crippen molar-refractivity contribution in [2.24, 2.45) is 0 Å². The van der Waals surface area contributed by atoms with E-state index in [4.69, 9.17) is 0 Å². The second kappa shape index (κ2) is 4.49. The molecular formula is C13H14. The van der Waals surface area contributed by atoms with E-state index in [1.807, 2.05) is 32.1 Å². The summed E-state index contributed by atoms with van der Waals surface area (Å²) >= 11 is 0. The van der Waals surface area contributed by atoms with Gasteiger partial charge in [0, 0.05) is 0 Å². The molecule has 0 nitrogen and oxygen atoms in total. The minimum absolute atomic E-state index is 1.09. The van der Waals surface area contributed by atoms with Gasteiger partial charge in [-0.05, 0) is 30.5 Å². The molecule has 0 aliphatic carbocycles. The molecule has 0 aromatic heterocycles. The van der Waals surface area contributed by atoms with Gasteiger partial charge < -0.3 is 0 Å². The van der Waals surface area contributed by atoms with Crippen LogP contribution in [0.15, 0.2) is 42.7 Å². The molecule has 0 amide bonds. The van der Waals surface area contributed by atoms with Crippen molar-refractivity contribution in [1.29, 1.82) is 0 Å². The topological polar surface area (TPSA) is 0 Å². The molecule has 0 radical (unpaired) electrons. The van der Waals surface area contributed by atoms with Crippen LogP contribution in [0.1, 0.15) is 25.0 Å². The molecule has 0 N–H and O–H groups in total. The van der Waals surface area contributed by atoms with Crippen molar-refractivity contribution < 1.29 is 0 Å². The van der Waals surface area contributed by atoms with Crippen molar-refractivity contribution in [2.45, 2.75) is 13.8 Å². The van der Waals surface area contributed by atoms with Crippen LogP contribution in [0.4, 0.5) is 0 Å². The van der Waals surface area contributed by atoms with Gasteiger partial charge in [-0.2, -0.15) is 0 Å². The van der Waals surface area contributed by atoms with Gasteiger partial charge in [0.05, 0.1) is 0 Å². The van der Waals surface area contributed by atoms with Gasteiger partial charge in [0.2, 0.25) is 0 Å². The number of allylic oxidation sites excluding steroid dienone is 2. The molecule has 0 bridgehead atoms. The maximum atomic E-state index is 3.65. The van der Waals surface area contributed by atoms with Crippen LogP contribution in [0.3, 0.4) is 0 Å². The van der Waals surface area contributed by atoms with Crippen LogP contribution < -0.4 is 0 Å². The Hall–Kier alpha value is -1.52. The van der Waals surface area contributed by atoms with E-state index in [2.05, 4.69) is 30.5 Å². The van der Waals surface area contributed by atoms with Gasteiger partial charge >= 0.3 is 0 Å². The summed E-state index contributed by atoms with van der Waals surface area (Å²) in [7, 11) is 0. The van der Waals surface area contributed by atoms with Gasteiger partial charge in [0.25, 0.3) is 0 Å². The first-order valence-electron chi connectivity index (χ1n) is 4.38. The third-order valence-corrected chi connectivity index (χ3v) is 1.98. The highest BCUT2D eigenvalue weighted by Gasteiger charge is 1.98. The zero-order valence-electron chi connectivity index (χ0n) is 8.17. The molecule has 0 heteroatoms. The van der Waals surface area contributed by atoms with E-state index in [1.165, 1.54) is 11.1 Å². The van der Waals surface area contributed by atoms with E-state index < -0.39 is 0 Å². The maximum Gasteiger partial charge on any atom is -0.00192 e. The summed E-state index contributed by atoms with van der Waals surface area (Å²) in [6.07, 6.45) is 4.13. The SMILES string of the molecule is C=C=C(C)c1ccccc1/C=C\C. The second-order valence-corrected chi connectivity index (χ2v) is 2.89. The largest absolute Gasteiger partial charge is 0.125 e. The third-order valence-electron chi connectivity index (χ3n) is 1.98. The van der Waals surface area contributed by atoms with Gasteiger partial charge in [-0.15, -0.1) is 5.73 Å². The highest BCUT2D eigenvalue weighted by molar-refractivity contribution is 5.72. The molecule has 1 rings (SSSR count). The van der Waals surface area contributed by atoms with E-state index in [0.29, 0.717) is 0 Å².